The van der Waals surface area contributed by atoms with Gasteiger partial charge in [-0.05, 0) is 53.5 Å². The van der Waals surface area contributed by atoms with Crippen LogP contribution in [0, 0.1) is 0 Å². The molecule has 0 amide bonds. The summed E-state index contributed by atoms with van der Waals surface area (Å²) in [5.74, 6) is 0.647. The summed E-state index contributed by atoms with van der Waals surface area (Å²) in [7, 11) is 0. The third-order valence-corrected chi connectivity index (χ3v) is 6.69. The fourth-order valence-electron chi connectivity index (χ4n) is 2.83. The van der Waals surface area contributed by atoms with Crippen molar-refractivity contribution in [2.24, 2.45) is 0 Å². The van der Waals surface area contributed by atoms with Gasteiger partial charge >= 0.3 is 0 Å². The normalized spacial score (nSPS) is 22.6. The molecule has 0 aliphatic carbocycles. The summed E-state index contributed by atoms with van der Waals surface area (Å²) < 4.78 is 1.49. The first-order valence-corrected chi connectivity index (χ1v) is 9.53. The SMILES string of the molecule is CCC(C)c1ccc(NC2C[C@H](C)Sc3sccc32)cc1. The van der Waals surface area contributed by atoms with Gasteiger partial charge < -0.3 is 5.32 Å². The largest absolute Gasteiger partial charge is 0.378 e. The van der Waals surface area contributed by atoms with E-state index in [2.05, 4.69) is 61.8 Å². The van der Waals surface area contributed by atoms with Gasteiger partial charge in [-0.3, -0.25) is 0 Å². The van der Waals surface area contributed by atoms with Crippen LogP contribution in [0.4, 0.5) is 5.69 Å². The molecule has 0 saturated carbocycles. The number of anilines is 1. The lowest BCUT2D eigenvalue weighted by Crippen LogP contribution is -2.18. The minimum atomic E-state index is 0.456. The maximum absolute atomic E-state index is 3.73. The highest BCUT2D eigenvalue weighted by Crippen LogP contribution is 2.44. The molecule has 0 bridgehead atoms. The zero-order valence-corrected chi connectivity index (χ0v) is 14.6. The molecule has 0 spiro atoms. The fraction of sp³-hybridized carbons (Fsp3) is 0.444. The van der Waals surface area contributed by atoms with Crippen molar-refractivity contribution in [3.63, 3.8) is 0 Å². The lowest BCUT2D eigenvalue weighted by Gasteiger charge is -2.28. The van der Waals surface area contributed by atoms with Gasteiger partial charge in [0.1, 0.15) is 0 Å². The first kappa shape index (κ1) is 15.0. The number of benzene rings is 1. The Hall–Kier alpha value is -0.930. The highest BCUT2D eigenvalue weighted by Gasteiger charge is 2.26. The van der Waals surface area contributed by atoms with Crippen LogP contribution in [0.3, 0.4) is 0 Å². The second kappa shape index (κ2) is 6.45. The molecule has 1 aliphatic heterocycles. The standard InChI is InChI=1S/C18H23NS2/c1-4-12(2)14-5-7-15(8-6-14)19-17-11-13(3)21-18-16(17)9-10-20-18/h5-10,12-13,17,19H,4,11H2,1-3H3/t12?,13-,17?/m0/s1. The van der Waals surface area contributed by atoms with Gasteiger partial charge in [-0.2, -0.15) is 0 Å². The van der Waals surface area contributed by atoms with Crippen molar-refractivity contribution in [1.82, 2.24) is 0 Å². The molecule has 1 N–H and O–H groups in total. The number of thioether (sulfide) groups is 1. The first-order chi connectivity index (χ1) is 10.2. The van der Waals surface area contributed by atoms with Gasteiger partial charge in [0, 0.05) is 10.9 Å². The molecule has 2 aromatic rings. The van der Waals surface area contributed by atoms with Gasteiger partial charge in [-0.25, -0.2) is 0 Å². The highest BCUT2D eigenvalue weighted by molar-refractivity contribution is 8.01. The fourth-order valence-corrected chi connectivity index (χ4v) is 5.40. The number of thiophene rings is 1. The van der Waals surface area contributed by atoms with E-state index in [1.807, 2.05) is 23.1 Å². The lowest BCUT2D eigenvalue weighted by molar-refractivity contribution is 0.669. The van der Waals surface area contributed by atoms with Gasteiger partial charge in [-0.15, -0.1) is 23.1 Å². The molecule has 1 aromatic carbocycles. The van der Waals surface area contributed by atoms with Crippen LogP contribution < -0.4 is 5.32 Å². The van der Waals surface area contributed by atoms with Crippen LogP contribution in [0.15, 0.2) is 39.9 Å². The van der Waals surface area contributed by atoms with Gasteiger partial charge in [0.05, 0.1) is 10.3 Å². The van der Waals surface area contributed by atoms with Crippen molar-refractivity contribution in [2.75, 3.05) is 5.32 Å². The average molecular weight is 318 g/mol. The third-order valence-electron chi connectivity index (χ3n) is 4.34. The van der Waals surface area contributed by atoms with Gasteiger partial charge in [0.2, 0.25) is 0 Å². The Bertz CT molecular complexity index is 588. The molecule has 1 aromatic heterocycles. The summed E-state index contributed by atoms with van der Waals surface area (Å²) in [4.78, 5) is 0. The molecule has 1 aliphatic rings. The number of nitrogens with one attached hydrogen (secondary N) is 1. The molecule has 112 valence electrons. The molecule has 0 fully saturated rings. The number of hydrogen-bond acceptors (Lipinski definition) is 3. The zero-order chi connectivity index (χ0) is 14.8. The molecular weight excluding hydrogens is 294 g/mol. The van der Waals surface area contributed by atoms with Crippen molar-refractivity contribution >= 4 is 28.8 Å². The third kappa shape index (κ3) is 3.29. The number of fused-ring (bicyclic) bond motifs is 1. The van der Waals surface area contributed by atoms with Gasteiger partial charge in [0.25, 0.3) is 0 Å². The Labute approximate surface area is 136 Å². The lowest BCUT2D eigenvalue weighted by atomic mass is 9.98. The van der Waals surface area contributed by atoms with Crippen molar-refractivity contribution in [1.29, 1.82) is 0 Å². The molecule has 3 heteroatoms. The topological polar surface area (TPSA) is 12.0 Å². The Morgan fingerprint density at radius 2 is 2.00 bits per heavy atom. The molecule has 2 heterocycles. The van der Waals surface area contributed by atoms with E-state index in [1.54, 1.807) is 0 Å². The van der Waals surface area contributed by atoms with Crippen molar-refractivity contribution in [3.8, 4) is 0 Å². The molecule has 0 saturated heterocycles. The quantitative estimate of drug-likeness (QED) is 0.710. The predicted molar refractivity (Wildman–Crippen MR) is 95.8 cm³/mol. The Morgan fingerprint density at radius 1 is 1.24 bits per heavy atom. The van der Waals surface area contributed by atoms with E-state index >= 15 is 0 Å². The average Bonchev–Trinajstić information content (AvgIpc) is 2.95. The summed E-state index contributed by atoms with van der Waals surface area (Å²) in [6.45, 7) is 6.87. The van der Waals surface area contributed by atoms with Crippen molar-refractivity contribution in [3.05, 3.63) is 46.8 Å². The van der Waals surface area contributed by atoms with Crippen LogP contribution in [-0.4, -0.2) is 5.25 Å². The van der Waals surface area contributed by atoms with E-state index in [1.165, 1.54) is 33.9 Å². The Morgan fingerprint density at radius 3 is 2.71 bits per heavy atom. The Balaban J connectivity index is 1.75. The second-order valence-electron chi connectivity index (χ2n) is 5.96. The van der Waals surface area contributed by atoms with Gasteiger partial charge in [-0.1, -0.05) is 32.9 Å². The van der Waals surface area contributed by atoms with Crippen LogP contribution in [0.25, 0.3) is 0 Å². The second-order valence-corrected chi connectivity index (χ2v) is 8.58. The summed E-state index contributed by atoms with van der Waals surface area (Å²) in [5.41, 5.74) is 4.16. The molecule has 0 radical (unpaired) electrons. The molecule has 1 nitrogen and oxygen atoms in total. The smallest absolute Gasteiger partial charge is 0.0653 e. The molecule has 3 rings (SSSR count). The summed E-state index contributed by atoms with van der Waals surface area (Å²) >= 11 is 3.90. The summed E-state index contributed by atoms with van der Waals surface area (Å²) in [6, 6.07) is 11.7. The van der Waals surface area contributed by atoms with Crippen LogP contribution in [0.5, 0.6) is 0 Å². The molecule has 3 atom stereocenters. The van der Waals surface area contributed by atoms with Crippen LogP contribution in [0.1, 0.15) is 56.7 Å². The summed E-state index contributed by atoms with van der Waals surface area (Å²) in [5, 5.41) is 6.64. The van der Waals surface area contributed by atoms with E-state index in [4.69, 9.17) is 0 Å². The van der Waals surface area contributed by atoms with Crippen molar-refractivity contribution in [2.45, 2.75) is 55.0 Å². The minimum Gasteiger partial charge on any atom is -0.378 e. The van der Waals surface area contributed by atoms with Crippen LogP contribution in [-0.2, 0) is 0 Å². The molecular formula is C18H23NS2. The highest BCUT2D eigenvalue weighted by atomic mass is 32.2. The summed E-state index contributed by atoms with van der Waals surface area (Å²) in [6.07, 6.45) is 2.39. The zero-order valence-electron chi connectivity index (χ0n) is 12.9. The Kier molecular flexibility index (Phi) is 4.60. The first-order valence-electron chi connectivity index (χ1n) is 7.78. The minimum absolute atomic E-state index is 0.456. The molecule has 21 heavy (non-hydrogen) atoms. The van der Waals surface area contributed by atoms with E-state index in [-0.39, 0.29) is 0 Å². The molecule has 2 unspecified atom stereocenters. The monoisotopic (exact) mass is 317 g/mol. The van der Waals surface area contributed by atoms with E-state index in [0.29, 0.717) is 17.2 Å². The van der Waals surface area contributed by atoms with Crippen LogP contribution in [0.2, 0.25) is 0 Å². The van der Waals surface area contributed by atoms with Crippen LogP contribution >= 0.6 is 23.1 Å². The maximum Gasteiger partial charge on any atom is 0.0653 e. The maximum atomic E-state index is 3.73. The van der Waals surface area contributed by atoms with E-state index in [0.717, 1.165) is 0 Å². The van der Waals surface area contributed by atoms with E-state index in [9.17, 15) is 0 Å². The predicted octanol–water partition coefficient (Wildman–Crippen LogP) is 6.30. The number of hydrogen-bond donors (Lipinski definition) is 1. The van der Waals surface area contributed by atoms with Crippen molar-refractivity contribution < 1.29 is 0 Å². The van der Waals surface area contributed by atoms with Gasteiger partial charge in [0.15, 0.2) is 0 Å². The van der Waals surface area contributed by atoms with E-state index < -0.39 is 0 Å². The number of rotatable bonds is 4.